The molecule has 0 radical (unpaired) electrons. The second-order valence-electron chi connectivity index (χ2n) is 7.13. The first-order chi connectivity index (χ1) is 12.3. The summed E-state index contributed by atoms with van der Waals surface area (Å²) >= 11 is 1.47. The Kier molecular flexibility index (Phi) is 5.32. The number of ether oxygens (including phenoxy) is 1. The van der Waals surface area contributed by atoms with Crippen molar-refractivity contribution in [2.45, 2.75) is 50.1 Å². The quantitative estimate of drug-likeness (QED) is 0.438. The Morgan fingerprint density at radius 3 is 2.73 bits per heavy atom. The van der Waals surface area contributed by atoms with E-state index in [-0.39, 0.29) is 47.2 Å². The van der Waals surface area contributed by atoms with Crippen molar-refractivity contribution in [3.63, 3.8) is 0 Å². The van der Waals surface area contributed by atoms with Gasteiger partial charge in [-0.2, -0.15) is 0 Å². The number of β-lactam (4-membered cyclic amide) rings is 1. The molecule has 6 atom stereocenters. The van der Waals surface area contributed by atoms with Crippen molar-refractivity contribution in [1.82, 2.24) is 10.2 Å². The number of nitrogens with one attached hydrogen (secondary N) is 1. The second-order valence-corrected chi connectivity index (χ2v) is 8.48. The number of fused-ring (bicyclic) bond motifs is 1. The zero-order valence-electron chi connectivity index (χ0n) is 15.0. The number of aliphatic carboxylic acids is 1. The number of esters is 1. The van der Waals surface area contributed by atoms with Crippen LogP contribution >= 0.6 is 11.8 Å². The molecule has 2 fully saturated rings. The molecule has 0 aromatic heterocycles. The summed E-state index contributed by atoms with van der Waals surface area (Å²) in [6.45, 7) is 4.14. The Labute approximate surface area is 155 Å². The van der Waals surface area contributed by atoms with Gasteiger partial charge < -0.3 is 25.2 Å². The van der Waals surface area contributed by atoms with Crippen molar-refractivity contribution in [1.29, 1.82) is 0 Å². The van der Waals surface area contributed by atoms with Gasteiger partial charge in [-0.3, -0.25) is 9.59 Å². The molecule has 3 N–H and O–H groups in total. The van der Waals surface area contributed by atoms with E-state index >= 15 is 0 Å². The molecule has 0 aliphatic carbocycles. The first kappa shape index (κ1) is 19.2. The van der Waals surface area contributed by atoms with Crippen molar-refractivity contribution < 1.29 is 29.3 Å². The molecule has 1 unspecified atom stereocenters. The van der Waals surface area contributed by atoms with E-state index in [1.807, 2.05) is 6.92 Å². The SMILES string of the molecule is COC(=O)C[C@@H]1C[C@H](SC2=C(C(=O)O)N3C(=O)[C@H](C(C)O)[C@H]3[C@H]2C)CN1. The fourth-order valence-corrected chi connectivity index (χ4v) is 5.69. The third-order valence-corrected chi connectivity index (χ3v) is 6.94. The van der Waals surface area contributed by atoms with Gasteiger partial charge in [-0.1, -0.05) is 6.92 Å². The van der Waals surface area contributed by atoms with E-state index in [0.29, 0.717) is 11.4 Å². The summed E-state index contributed by atoms with van der Waals surface area (Å²) < 4.78 is 4.69. The lowest BCUT2D eigenvalue weighted by atomic mass is 9.79. The van der Waals surface area contributed by atoms with E-state index in [9.17, 15) is 24.6 Å². The standard InChI is InChI=1S/C17H24N2O6S/c1-7-13-12(8(2)20)16(22)19(13)14(17(23)24)15(7)26-10-4-9(18-6-10)5-11(21)25-3/h7-10,12-13,18,20H,4-6H2,1-3H3,(H,23,24)/t7-,8?,9+,10+,12-,13-/m1/s1. The van der Waals surface area contributed by atoms with Crippen molar-refractivity contribution in [3.8, 4) is 0 Å². The molecule has 0 aromatic rings. The lowest BCUT2D eigenvalue weighted by molar-refractivity contribution is -0.163. The van der Waals surface area contributed by atoms with Gasteiger partial charge in [0.1, 0.15) is 5.70 Å². The number of carboxylic acid groups (broad SMARTS) is 1. The van der Waals surface area contributed by atoms with Crippen molar-refractivity contribution >= 4 is 29.6 Å². The van der Waals surface area contributed by atoms with Gasteiger partial charge in [0.05, 0.1) is 31.6 Å². The molecule has 3 heterocycles. The first-order valence-electron chi connectivity index (χ1n) is 8.71. The number of amides is 1. The summed E-state index contributed by atoms with van der Waals surface area (Å²) in [4.78, 5) is 37.6. The molecule has 3 aliphatic rings. The lowest BCUT2D eigenvalue weighted by Crippen LogP contribution is -2.63. The van der Waals surface area contributed by atoms with Gasteiger partial charge in [-0.25, -0.2) is 4.79 Å². The van der Waals surface area contributed by atoms with E-state index in [1.54, 1.807) is 6.92 Å². The average Bonchev–Trinajstić information content (AvgIpc) is 3.09. The van der Waals surface area contributed by atoms with Crippen molar-refractivity contribution in [3.05, 3.63) is 10.6 Å². The van der Waals surface area contributed by atoms with Gasteiger partial charge in [-0.05, 0) is 13.3 Å². The first-order valence-corrected chi connectivity index (χ1v) is 9.59. The molecule has 0 spiro atoms. The lowest BCUT2D eigenvalue weighted by Gasteiger charge is -2.46. The fraction of sp³-hybridized carbons (Fsp3) is 0.706. The number of hydrogen-bond donors (Lipinski definition) is 3. The van der Waals surface area contributed by atoms with E-state index in [0.717, 1.165) is 6.42 Å². The van der Waals surface area contributed by atoms with Crippen LogP contribution < -0.4 is 5.32 Å². The molecule has 0 saturated carbocycles. The summed E-state index contributed by atoms with van der Waals surface area (Å²) in [5.74, 6) is -2.40. The minimum atomic E-state index is -1.11. The number of aliphatic hydroxyl groups excluding tert-OH is 1. The molecule has 1 amide bonds. The number of hydrogen-bond acceptors (Lipinski definition) is 7. The Morgan fingerprint density at radius 2 is 2.15 bits per heavy atom. The number of carbonyl (C=O) groups is 3. The zero-order chi connectivity index (χ0) is 19.2. The highest BCUT2D eigenvalue weighted by Gasteiger charge is 2.60. The van der Waals surface area contributed by atoms with Crippen LogP contribution in [0.2, 0.25) is 0 Å². The van der Waals surface area contributed by atoms with Crippen LogP contribution in [0.4, 0.5) is 0 Å². The van der Waals surface area contributed by atoms with Gasteiger partial charge in [0.25, 0.3) is 0 Å². The summed E-state index contributed by atoms with van der Waals surface area (Å²) in [6.07, 6.45) is 0.204. The minimum absolute atomic E-state index is 0.00871. The predicted molar refractivity (Wildman–Crippen MR) is 94.1 cm³/mol. The Bertz CT molecular complexity index is 664. The van der Waals surface area contributed by atoms with Crippen molar-refractivity contribution in [2.75, 3.05) is 13.7 Å². The third-order valence-electron chi connectivity index (χ3n) is 5.43. The number of methoxy groups -OCH3 is 1. The van der Waals surface area contributed by atoms with Crippen LogP contribution in [-0.2, 0) is 19.1 Å². The molecule has 3 rings (SSSR count). The average molecular weight is 384 g/mol. The molecule has 3 aliphatic heterocycles. The zero-order valence-corrected chi connectivity index (χ0v) is 15.8. The van der Waals surface area contributed by atoms with Gasteiger partial charge in [0, 0.05) is 28.7 Å². The third kappa shape index (κ3) is 3.12. The monoisotopic (exact) mass is 384 g/mol. The molecule has 0 aromatic carbocycles. The molecule has 144 valence electrons. The summed E-state index contributed by atoms with van der Waals surface area (Å²) in [7, 11) is 1.35. The summed E-state index contributed by atoms with van der Waals surface area (Å²) in [5.41, 5.74) is 0.0471. The largest absolute Gasteiger partial charge is 0.477 e. The fourth-order valence-electron chi connectivity index (χ4n) is 4.17. The van der Waals surface area contributed by atoms with Crippen LogP contribution in [0, 0.1) is 11.8 Å². The van der Waals surface area contributed by atoms with Gasteiger partial charge >= 0.3 is 11.9 Å². The maximum absolute atomic E-state index is 12.3. The number of carbonyl (C=O) groups excluding carboxylic acids is 2. The molecule has 26 heavy (non-hydrogen) atoms. The van der Waals surface area contributed by atoms with Crippen LogP contribution in [0.25, 0.3) is 0 Å². The number of carboxylic acids is 1. The number of thioether (sulfide) groups is 1. The summed E-state index contributed by atoms with van der Waals surface area (Å²) in [5, 5.41) is 22.9. The van der Waals surface area contributed by atoms with Crippen LogP contribution in [-0.4, -0.2) is 70.1 Å². The van der Waals surface area contributed by atoms with E-state index < -0.39 is 18.0 Å². The van der Waals surface area contributed by atoms with Crippen LogP contribution in [0.15, 0.2) is 10.6 Å². The Hall–Kier alpha value is -1.58. The van der Waals surface area contributed by atoms with E-state index in [4.69, 9.17) is 0 Å². The number of aliphatic hydroxyl groups is 1. The van der Waals surface area contributed by atoms with E-state index in [2.05, 4.69) is 10.1 Å². The number of rotatable bonds is 6. The second kappa shape index (κ2) is 7.21. The van der Waals surface area contributed by atoms with E-state index in [1.165, 1.54) is 23.8 Å². The molecule has 8 nitrogen and oxygen atoms in total. The molecule has 9 heteroatoms. The van der Waals surface area contributed by atoms with Crippen LogP contribution in [0.1, 0.15) is 26.7 Å². The molecule has 2 saturated heterocycles. The smallest absolute Gasteiger partial charge is 0.353 e. The maximum atomic E-state index is 12.3. The number of nitrogens with zero attached hydrogens (tertiary/aromatic N) is 1. The predicted octanol–water partition coefficient (Wildman–Crippen LogP) is 0.167. The Morgan fingerprint density at radius 1 is 1.46 bits per heavy atom. The Balaban J connectivity index is 1.74. The topological polar surface area (TPSA) is 116 Å². The van der Waals surface area contributed by atoms with Crippen molar-refractivity contribution in [2.24, 2.45) is 11.8 Å². The van der Waals surface area contributed by atoms with Crippen LogP contribution in [0.3, 0.4) is 0 Å². The molecule has 0 bridgehead atoms. The normalized spacial score (nSPS) is 34.5. The highest BCUT2D eigenvalue weighted by molar-refractivity contribution is 8.03. The summed E-state index contributed by atoms with van der Waals surface area (Å²) in [6, 6.07) is -0.286. The molecular formula is C17H24N2O6S. The molecular weight excluding hydrogens is 360 g/mol. The maximum Gasteiger partial charge on any atom is 0.353 e. The minimum Gasteiger partial charge on any atom is -0.477 e. The highest BCUT2D eigenvalue weighted by atomic mass is 32.2. The van der Waals surface area contributed by atoms with Gasteiger partial charge in [0.2, 0.25) is 5.91 Å². The van der Waals surface area contributed by atoms with Gasteiger partial charge in [-0.15, -0.1) is 11.8 Å². The van der Waals surface area contributed by atoms with Gasteiger partial charge in [0.15, 0.2) is 0 Å². The highest BCUT2D eigenvalue weighted by Crippen LogP contribution is 2.51. The van der Waals surface area contributed by atoms with Crippen LogP contribution in [0.5, 0.6) is 0 Å².